The number of anilines is 2. The number of rotatable bonds is 5. The second-order valence-electron chi connectivity index (χ2n) is 3.96. The first kappa shape index (κ1) is 12.8. The van der Waals surface area contributed by atoms with Crippen LogP contribution in [0.3, 0.4) is 0 Å². The van der Waals surface area contributed by atoms with E-state index < -0.39 is 5.82 Å². The number of hydrogen-bond acceptors (Lipinski definition) is 6. The summed E-state index contributed by atoms with van der Waals surface area (Å²) in [6, 6.07) is 2.24. The predicted octanol–water partition coefficient (Wildman–Crippen LogP) is 1.44. The quantitative estimate of drug-likeness (QED) is 0.478. The number of nitrogens with two attached hydrogens (primary N) is 1. The Morgan fingerprint density at radius 3 is 2.83 bits per heavy atom. The highest BCUT2D eigenvalue weighted by Crippen LogP contribution is 2.34. The zero-order chi connectivity index (χ0) is 13.1. The van der Waals surface area contributed by atoms with Crippen molar-refractivity contribution in [3.05, 3.63) is 11.1 Å². The fourth-order valence-corrected chi connectivity index (χ4v) is 1.88. The van der Waals surface area contributed by atoms with Gasteiger partial charge in [0, 0.05) is 12.6 Å². The van der Waals surface area contributed by atoms with Gasteiger partial charge in [0.1, 0.15) is 0 Å². The highest BCUT2D eigenvalue weighted by Gasteiger charge is 2.32. The maximum absolute atomic E-state index is 14.1. The van der Waals surface area contributed by atoms with E-state index in [4.69, 9.17) is 22.7 Å². The van der Waals surface area contributed by atoms with Crippen molar-refractivity contribution in [2.75, 3.05) is 16.9 Å². The summed E-state index contributed by atoms with van der Waals surface area (Å²) in [6.07, 6.45) is 2.21. The first-order chi connectivity index (χ1) is 8.67. The Kier molecular flexibility index (Phi) is 3.79. The van der Waals surface area contributed by atoms with E-state index in [9.17, 15) is 4.39 Å². The van der Waals surface area contributed by atoms with Crippen LogP contribution in [0.1, 0.15) is 19.3 Å². The molecule has 0 aliphatic heterocycles. The van der Waals surface area contributed by atoms with Crippen LogP contribution in [0, 0.1) is 17.1 Å². The van der Waals surface area contributed by atoms with Crippen LogP contribution in [0.2, 0.25) is 5.28 Å². The van der Waals surface area contributed by atoms with Gasteiger partial charge in [-0.1, -0.05) is 0 Å². The lowest BCUT2D eigenvalue weighted by Crippen LogP contribution is -2.29. The lowest BCUT2D eigenvalue weighted by Gasteiger charge is -2.23. The number of nitrogens with one attached hydrogen (secondary N) is 1. The molecule has 1 aromatic rings. The molecule has 3 N–H and O–H groups in total. The summed E-state index contributed by atoms with van der Waals surface area (Å²) in [6.45, 7) is 0.412. The molecule has 0 spiro atoms. The minimum atomic E-state index is -0.647. The summed E-state index contributed by atoms with van der Waals surface area (Å²) in [7, 11) is 0. The van der Waals surface area contributed by atoms with Crippen molar-refractivity contribution in [1.82, 2.24) is 9.97 Å². The highest BCUT2D eigenvalue weighted by atomic mass is 35.5. The van der Waals surface area contributed by atoms with E-state index in [0.29, 0.717) is 13.0 Å². The molecule has 0 radical (unpaired) electrons. The molecular weight excluding hydrogens is 259 g/mol. The molecule has 0 bridgehead atoms. The molecule has 96 valence electrons. The first-order valence-electron chi connectivity index (χ1n) is 5.50. The van der Waals surface area contributed by atoms with E-state index in [0.717, 1.165) is 12.8 Å². The number of aromatic nitrogens is 2. The van der Waals surface area contributed by atoms with Gasteiger partial charge in [-0.3, -0.25) is 0 Å². The lowest BCUT2D eigenvalue weighted by atomic mass is 10.3. The molecule has 6 nitrogen and oxygen atoms in total. The normalized spacial score (nSPS) is 14.1. The molecule has 0 atom stereocenters. The van der Waals surface area contributed by atoms with E-state index in [2.05, 4.69) is 15.4 Å². The molecular formula is C10H12ClFN6. The fourth-order valence-electron chi connectivity index (χ4n) is 1.71. The van der Waals surface area contributed by atoms with Crippen molar-refractivity contribution in [1.29, 1.82) is 5.26 Å². The maximum atomic E-state index is 14.1. The maximum Gasteiger partial charge on any atom is 0.226 e. The van der Waals surface area contributed by atoms with Crippen molar-refractivity contribution in [2.24, 2.45) is 5.84 Å². The SMILES string of the molecule is N#CCCN(c1nc(Cl)nc(NN)c1F)C1CC1. The number of nitrogens with zero attached hydrogens (tertiary/aromatic N) is 4. The molecule has 0 saturated heterocycles. The lowest BCUT2D eigenvalue weighted by molar-refractivity contribution is 0.603. The van der Waals surface area contributed by atoms with Gasteiger partial charge >= 0.3 is 0 Å². The zero-order valence-corrected chi connectivity index (χ0v) is 10.3. The van der Waals surface area contributed by atoms with Crippen molar-refractivity contribution in [3.63, 3.8) is 0 Å². The van der Waals surface area contributed by atoms with Gasteiger partial charge in [0.25, 0.3) is 0 Å². The summed E-state index contributed by atoms with van der Waals surface area (Å²) in [5, 5.41) is 8.55. The molecule has 1 aliphatic rings. The molecule has 0 aromatic carbocycles. The van der Waals surface area contributed by atoms with Crippen LogP contribution >= 0.6 is 11.6 Å². The average molecular weight is 271 g/mol. The molecule has 1 heterocycles. The van der Waals surface area contributed by atoms with Crippen LogP contribution in [0.5, 0.6) is 0 Å². The second kappa shape index (κ2) is 5.33. The van der Waals surface area contributed by atoms with Gasteiger partial charge in [0.2, 0.25) is 11.1 Å². The Labute approximate surface area is 109 Å². The van der Waals surface area contributed by atoms with Crippen LogP contribution in [0.25, 0.3) is 0 Å². The molecule has 1 aliphatic carbocycles. The molecule has 0 unspecified atom stereocenters. The van der Waals surface area contributed by atoms with Gasteiger partial charge in [-0.05, 0) is 24.4 Å². The second-order valence-corrected chi connectivity index (χ2v) is 4.29. The standard InChI is InChI=1S/C10H12ClFN6/c11-10-15-8(17-14)7(12)9(16-10)18(5-1-4-13)6-2-3-6/h6H,1-3,5,14H2,(H,15,16,17). The largest absolute Gasteiger partial charge is 0.350 e. The Bertz CT molecular complexity index is 484. The van der Waals surface area contributed by atoms with Gasteiger partial charge in [-0.25, -0.2) is 5.84 Å². The summed E-state index contributed by atoms with van der Waals surface area (Å²) in [4.78, 5) is 9.28. The first-order valence-corrected chi connectivity index (χ1v) is 5.88. The van der Waals surface area contributed by atoms with Crippen molar-refractivity contribution < 1.29 is 4.39 Å². The van der Waals surface area contributed by atoms with Gasteiger partial charge < -0.3 is 10.3 Å². The van der Waals surface area contributed by atoms with E-state index >= 15 is 0 Å². The van der Waals surface area contributed by atoms with E-state index in [-0.39, 0.29) is 23.0 Å². The highest BCUT2D eigenvalue weighted by molar-refractivity contribution is 6.28. The Morgan fingerprint density at radius 1 is 1.56 bits per heavy atom. The Balaban J connectivity index is 2.34. The van der Waals surface area contributed by atoms with Crippen LogP contribution < -0.4 is 16.2 Å². The topological polar surface area (TPSA) is 90.9 Å². The summed E-state index contributed by atoms with van der Waals surface area (Å²) >= 11 is 5.73. The van der Waals surface area contributed by atoms with E-state index in [1.54, 1.807) is 4.90 Å². The van der Waals surface area contributed by atoms with Gasteiger partial charge in [0.15, 0.2) is 11.6 Å². The number of nitrogen functional groups attached to an aromatic ring is 1. The molecule has 2 rings (SSSR count). The average Bonchev–Trinajstić information content (AvgIpc) is 3.17. The van der Waals surface area contributed by atoms with Crippen molar-refractivity contribution in [2.45, 2.75) is 25.3 Å². The molecule has 18 heavy (non-hydrogen) atoms. The van der Waals surface area contributed by atoms with Gasteiger partial charge in [-0.2, -0.15) is 19.6 Å². The summed E-state index contributed by atoms with van der Waals surface area (Å²) in [5.41, 5.74) is 2.14. The number of nitriles is 1. The molecule has 0 amide bonds. The van der Waals surface area contributed by atoms with Crippen molar-refractivity contribution in [3.8, 4) is 6.07 Å². The number of hydrogen-bond donors (Lipinski definition) is 2. The minimum Gasteiger partial charge on any atom is -0.350 e. The van der Waals surface area contributed by atoms with E-state index in [1.165, 1.54) is 0 Å². The van der Waals surface area contributed by atoms with Crippen molar-refractivity contribution >= 4 is 23.2 Å². The number of hydrazine groups is 1. The van der Waals surface area contributed by atoms with Crippen LogP contribution in [-0.2, 0) is 0 Å². The predicted molar refractivity (Wildman–Crippen MR) is 65.4 cm³/mol. The van der Waals surface area contributed by atoms with Crippen LogP contribution in [0.4, 0.5) is 16.0 Å². The van der Waals surface area contributed by atoms with Gasteiger partial charge in [0.05, 0.1) is 12.5 Å². The molecule has 1 saturated carbocycles. The fraction of sp³-hybridized carbons (Fsp3) is 0.500. The number of halogens is 2. The Hall–Kier alpha value is -1.65. The third-order valence-electron chi connectivity index (χ3n) is 2.67. The van der Waals surface area contributed by atoms with E-state index in [1.807, 2.05) is 6.07 Å². The third-order valence-corrected chi connectivity index (χ3v) is 2.84. The molecule has 1 fully saturated rings. The zero-order valence-electron chi connectivity index (χ0n) is 9.53. The summed E-state index contributed by atoms with van der Waals surface area (Å²) in [5.74, 6) is 4.48. The van der Waals surface area contributed by atoms with Gasteiger partial charge in [-0.15, -0.1) is 0 Å². The molecule has 8 heteroatoms. The molecule has 1 aromatic heterocycles. The smallest absolute Gasteiger partial charge is 0.226 e. The minimum absolute atomic E-state index is 0.0815. The summed E-state index contributed by atoms with van der Waals surface area (Å²) < 4.78 is 14.1. The van der Waals surface area contributed by atoms with Crippen LogP contribution in [0.15, 0.2) is 0 Å². The third kappa shape index (κ3) is 2.60. The van der Waals surface area contributed by atoms with Crippen LogP contribution in [-0.4, -0.2) is 22.6 Å². The Morgan fingerprint density at radius 2 is 2.28 bits per heavy atom. The monoisotopic (exact) mass is 270 g/mol.